The second kappa shape index (κ2) is 7.91. The van der Waals surface area contributed by atoms with E-state index in [9.17, 15) is 9.59 Å². The van der Waals surface area contributed by atoms with Gasteiger partial charge >= 0.3 is 0 Å². The van der Waals surface area contributed by atoms with E-state index in [1.807, 2.05) is 49.4 Å². The number of hydrogen-bond acceptors (Lipinski definition) is 3. The van der Waals surface area contributed by atoms with Crippen LogP contribution in [-0.2, 0) is 4.79 Å². The molecule has 0 bridgehead atoms. The fourth-order valence-corrected chi connectivity index (χ4v) is 2.98. The maximum Gasteiger partial charge on any atom is 0.265 e. The molecule has 0 saturated heterocycles. The van der Waals surface area contributed by atoms with E-state index in [0.717, 1.165) is 10.8 Å². The minimum atomic E-state index is -0.650. The topological polar surface area (TPSA) is 81.4 Å². The Morgan fingerprint density at radius 1 is 1.04 bits per heavy atom. The second-order valence-electron chi connectivity index (χ2n) is 6.36. The van der Waals surface area contributed by atoms with Crippen molar-refractivity contribution < 1.29 is 14.3 Å². The molecule has 1 atom stereocenters. The summed E-state index contributed by atoms with van der Waals surface area (Å²) < 4.78 is 5.92. The minimum absolute atomic E-state index is 0.268. The van der Waals surface area contributed by atoms with Gasteiger partial charge in [-0.2, -0.15) is 0 Å². The van der Waals surface area contributed by atoms with Crippen molar-refractivity contribution in [2.24, 2.45) is 5.73 Å². The van der Waals surface area contributed by atoms with Crippen LogP contribution in [0.3, 0.4) is 0 Å². The smallest absolute Gasteiger partial charge is 0.265 e. The Kier molecular flexibility index (Phi) is 5.41. The van der Waals surface area contributed by atoms with Crippen LogP contribution in [0.5, 0.6) is 5.75 Å². The lowest BCUT2D eigenvalue weighted by molar-refractivity contribution is -0.122. The molecule has 0 aliphatic carbocycles. The Labute approximate surface area is 158 Å². The van der Waals surface area contributed by atoms with E-state index < -0.39 is 12.0 Å². The molecule has 3 aromatic rings. The van der Waals surface area contributed by atoms with Gasteiger partial charge in [0.1, 0.15) is 5.75 Å². The zero-order valence-electron chi connectivity index (χ0n) is 15.4. The van der Waals surface area contributed by atoms with E-state index in [-0.39, 0.29) is 5.91 Å². The van der Waals surface area contributed by atoms with Crippen LogP contribution in [-0.4, -0.2) is 17.9 Å². The van der Waals surface area contributed by atoms with Crippen LogP contribution in [0.1, 0.15) is 29.3 Å². The number of carbonyl (C=O) groups excluding carboxylic acids is 2. The molecule has 5 nitrogen and oxygen atoms in total. The van der Waals surface area contributed by atoms with Crippen molar-refractivity contribution in [2.75, 3.05) is 5.32 Å². The summed E-state index contributed by atoms with van der Waals surface area (Å²) in [5.41, 5.74) is 6.95. The van der Waals surface area contributed by atoms with Gasteiger partial charge in [-0.3, -0.25) is 9.59 Å². The van der Waals surface area contributed by atoms with E-state index in [4.69, 9.17) is 10.5 Å². The van der Waals surface area contributed by atoms with Crippen LogP contribution in [0.15, 0.2) is 60.7 Å². The van der Waals surface area contributed by atoms with E-state index >= 15 is 0 Å². The van der Waals surface area contributed by atoms with Crippen molar-refractivity contribution in [1.29, 1.82) is 0 Å². The Morgan fingerprint density at radius 2 is 1.78 bits per heavy atom. The molecule has 0 radical (unpaired) electrons. The number of hydrogen-bond donors (Lipinski definition) is 2. The summed E-state index contributed by atoms with van der Waals surface area (Å²) in [6.45, 7) is 3.64. The molecule has 0 aliphatic rings. The summed E-state index contributed by atoms with van der Waals surface area (Å²) in [5.74, 6) is -0.156. The maximum absolute atomic E-state index is 12.7. The number of rotatable bonds is 6. The van der Waals surface area contributed by atoms with Crippen molar-refractivity contribution in [1.82, 2.24) is 0 Å². The first-order valence-electron chi connectivity index (χ1n) is 8.85. The molecule has 1 unspecified atom stereocenters. The number of nitrogens with one attached hydrogen (secondary N) is 1. The Bertz CT molecular complexity index is 998. The molecule has 0 spiro atoms. The number of anilines is 1. The molecule has 5 heteroatoms. The Hall–Kier alpha value is -3.34. The van der Waals surface area contributed by atoms with Crippen molar-refractivity contribution >= 4 is 28.3 Å². The van der Waals surface area contributed by atoms with Crippen LogP contribution in [0.2, 0.25) is 0 Å². The van der Waals surface area contributed by atoms with Gasteiger partial charge in [-0.15, -0.1) is 0 Å². The monoisotopic (exact) mass is 362 g/mol. The van der Waals surface area contributed by atoms with Gasteiger partial charge in [0.2, 0.25) is 5.91 Å². The van der Waals surface area contributed by atoms with E-state index in [1.54, 1.807) is 25.1 Å². The predicted octanol–water partition coefficient (Wildman–Crippen LogP) is 4.04. The normalized spacial score (nSPS) is 11.8. The van der Waals surface area contributed by atoms with Gasteiger partial charge in [-0.05, 0) is 53.9 Å². The molecular formula is C22H22N2O3. The molecule has 3 N–H and O–H groups in total. The largest absolute Gasteiger partial charge is 0.481 e. The van der Waals surface area contributed by atoms with E-state index in [1.165, 1.54) is 0 Å². The summed E-state index contributed by atoms with van der Waals surface area (Å²) in [6, 6.07) is 18.8. The molecule has 2 amide bonds. The summed E-state index contributed by atoms with van der Waals surface area (Å²) in [6.07, 6.45) is -0.143. The second-order valence-corrected chi connectivity index (χ2v) is 6.36. The number of nitrogens with two attached hydrogens (primary N) is 1. The van der Waals surface area contributed by atoms with Gasteiger partial charge in [0.15, 0.2) is 6.10 Å². The summed E-state index contributed by atoms with van der Waals surface area (Å²) in [5, 5.41) is 5.01. The zero-order valence-corrected chi connectivity index (χ0v) is 15.4. The number of amides is 2. The SMILES string of the molecule is CCC(Oc1ccc2ccccc2c1)C(=O)Nc1cccc(C(N)=O)c1C. The van der Waals surface area contributed by atoms with Gasteiger partial charge in [-0.25, -0.2) is 0 Å². The average Bonchev–Trinajstić information content (AvgIpc) is 2.67. The van der Waals surface area contributed by atoms with E-state index in [2.05, 4.69) is 5.32 Å². The van der Waals surface area contributed by atoms with Gasteiger partial charge in [0.25, 0.3) is 5.91 Å². The lowest BCUT2D eigenvalue weighted by Gasteiger charge is -2.19. The predicted molar refractivity (Wildman–Crippen MR) is 107 cm³/mol. The first-order valence-corrected chi connectivity index (χ1v) is 8.85. The quantitative estimate of drug-likeness (QED) is 0.694. The van der Waals surface area contributed by atoms with Crippen molar-refractivity contribution in [3.05, 3.63) is 71.8 Å². The highest BCUT2D eigenvalue weighted by molar-refractivity contribution is 5.99. The van der Waals surface area contributed by atoms with Gasteiger partial charge in [-0.1, -0.05) is 43.3 Å². The maximum atomic E-state index is 12.7. The summed E-state index contributed by atoms with van der Waals surface area (Å²) in [4.78, 5) is 24.2. The lowest BCUT2D eigenvalue weighted by Crippen LogP contribution is -2.32. The van der Waals surface area contributed by atoms with Gasteiger partial charge < -0.3 is 15.8 Å². The van der Waals surface area contributed by atoms with Crippen molar-refractivity contribution in [3.8, 4) is 5.75 Å². The summed E-state index contributed by atoms with van der Waals surface area (Å²) in [7, 11) is 0. The van der Waals surface area contributed by atoms with Crippen molar-refractivity contribution in [3.63, 3.8) is 0 Å². The number of benzene rings is 3. The van der Waals surface area contributed by atoms with Gasteiger partial charge in [0.05, 0.1) is 0 Å². The number of ether oxygens (including phenoxy) is 1. The fraction of sp³-hybridized carbons (Fsp3) is 0.182. The van der Waals surface area contributed by atoms with Crippen LogP contribution in [0.25, 0.3) is 10.8 Å². The first-order chi connectivity index (χ1) is 13.0. The third-order valence-corrected chi connectivity index (χ3v) is 4.52. The zero-order chi connectivity index (χ0) is 19.4. The molecular weight excluding hydrogens is 340 g/mol. The van der Waals surface area contributed by atoms with Crippen LogP contribution < -0.4 is 15.8 Å². The van der Waals surface area contributed by atoms with E-state index in [0.29, 0.717) is 29.0 Å². The fourth-order valence-electron chi connectivity index (χ4n) is 2.98. The molecule has 0 aromatic heterocycles. The highest BCUT2D eigenvalue weighted by atomic mass is 16.5. The standard InChI is InChI=1S/C22H22N2O3/c1-3-20(27-17-12-11-15-7-4-5-8-16(15)13-17)22(26)24-19-10-6-9-18(14(19)2)21(23)25/h4-13,20H,3H2,1-2H3,(H2,23,25)(H,24,26). The molecule has 0 aliphatic heterocycles. The summed E-state index contributed by atoms with van der Waals surface area (Å²) >= 11 is 0. The highest BCUT2D eigenvalue weighted by Gasteiger charge is 2.20. The number of primary amides is 1. The van der Waals surface area contributed by atoms with Crippen LogP contribution in [0.4, 0.5) is 5.69 Å². The molecule has 138 valence electrons. The Morgan fingerprint density at radius 3 is 2.48 bits per heavy atom. The molecule has 27 heavy (non-hydrogen) atoms. The molecule has 3 rings (SSSR count). The van der Waals surface area contributed by atoms with Gasteiger partial charge in [0, 0.05) is 11.3 Å². The third kappa shape index (κ3) is 4.08. The third-order valence-electron chi connectivity index (χ3n) is 4.52. The average molecular weight is 362 g/mol. The van der Waals surface area contributed by atoms with Crippen molar-refractivity contribution in [2.45, 2.75) is 26.4 Å². The number of carbonyl (C=O) groups is 2. The number of fused-ring (bicyclic) bond motifs is 1. The minimum Gasteiger partial charge on any atom is -0.481 e. The van der Waals surface area contributed by atoms with Crippen LogP contribution in [0, 0.1) is 6.92 Å². The van der Waals surface area contributed by atoms with Crippen LogP contribution >= 0.6 is 0 Å². The first kappa shape index (κ1) is 18.5. The molecule has 3 aromatic carbocycles. The molecule has 0 saturated carbocycles. The highest BCUT2D eigenvalue weighted by Crippen LogP contribution is 2.23. The lowest BCUT2D eigenvalue weighted by atomic mass is 10.1. The molecule has 0 heterocycles. The Balaban J connectivity index is 1.78. The molecule has 0 fully saturated rings.